The molecular formula is C86H92BrFN9NaO11. The summed E-state index contributed by atoms with van der Waals surface area (Å²) in [4.78, 5) is 68.6. The topological polar surface area (TPSA) is 264 Å². The van der Waals surface area contributed by atoms with Gasteiger partial charge in [-0.3, -0.25) is 4.39 Å². The maximum absolute atomic E-state index is 12.1. The summed E-state index contributed by atoms with van der Waals surface area (Å²) in [6.07, 6.45) is 6.59. The Morgan fingerprint density at radius 1 is 0.440 bits per heavy atom. The van der Waals surface area contributed by atoms with Gasteiger partial charge in [0.05, 0.1) is 93.9 Å². The van der Waals surface area contributed by atoms with Crippen LogP contribution >= 0.6 is 15.9 Å². The van der Waals surface area contributed by atoms with Crippen molar-refractivity contribution >= 4 is 78.6 Å². The SMILES string of the molecule is C.CO.COC(=O)c1ccc2nc(-c3ccccc3)c(Br)nc2c1.COC(=O)c1ccc2nc(-c3ccccc3)c(N3CCC(c4ccc(OC)cc4)CC3)nc2c1.COc1ccc(C2CCN(c3nc4cc(C(=O)O)ccc4nc3-c3ccccc3)CC2)cc1.COc1ccc(C2CCNCC2)cc1.[2H]CF.[Na+].[OH-]. The molecule has 0 unspecified atom stereocenters. The Morgan fingerprint density at radius 3 is 1.07 bits per heavy atom. The van der Waals surface area contributed by atoms with Crippen molar-refractivity contribution < 1.29 is 89.1 Å². The van der Waals surface area contributed by atoms with Crippen molar-refractivity contribution in [1.82, 2.24) is 35.2 Å². The standard InChI is InChI=1S/C28H27N3O3.C27H25N3O3.C16H11BrN2O2.C12H17NO.CH3F.CH4O.CH4.Na.H2O/c1-33-23-11-8-19(9-12-23)20-14-16-31(17-15-20)27-26(21-6-4-3-5-7-21)29-24-13-10-22(28(32)34-2)18-25(24)30-27;1-33-22-10-7-18(8-11-22)19-13-15-30(16-14-19)26-25(20-5-3-2-4-6-20)28-23-12-9-21(27(31)32)17-24(23)29-26;1-21-16(20)11-7-8-12-13(9-11)19-15(17)14(18-12)10-5-3-2-4-6-10;1-14-12-4-2-10(3-5-12)11-6-8-13-9-7-11;2*1-2;;;/h3-13,18,20H,14-17H2,1-2H3;2-12,17,19H,13-16H2,1H3,(H,31,32);2-9H,1H3;2-5,11,13H,6-9H2,1H3;1H3;2H,1H3;1H4;;1H2/q;;;;;;;+1;/p-1/i;;;;1D;;;;. The van der Waals surface area contributed by atoms with E-state index in [0.29, 0.717) is 49.6 Å². The number of carbonyl (C=O) groups excluding carboxylic acids is 2. The molecule has 0 radical (unpaired) electrons. The first kappa shape index (κ1) is 84.3. The summed E-state index contributed by atoms with van der Waals surface area (Å²) in [5.41, 5.74) is 14.8. The summed E-state index contributed by atoms with van der Waals surface area (Å²) in [5, 5.41) is 19.8. The van der Waals surface area contributed by atoms with E-state index < -0.39 is 13.1 Å². The number of nitrogens with zero attached hydrogens (tertiary/aromatic N) is 8. The molecular weight excluding hydrogens is 1460 g/mol. The molecule has 0 spiro atoms. The van der Waals surface area contributed by atoms with Crippen molar-refractivity contribution in [3.8, 4) is 51.0 Å². The summed E-state index contributed by atoms with van der Waals surface area (Å²) in [6.45, 7) is 5.78. The van der Waals surface area contributed by atoms with Crippen LogP contribution in [0.2, 0.25) is 0 Å². The Labute approximate surface area is 668 Å². The number of hydrogen-bond acceptors (Lipinski definition) is 19. The molecule has 23 heteroatoms. The van der Waals surface area contributed by atoms with Crippen LogP contribution < -0.4 is 58.9 Å². The van der Waals surface area contributed by atoms with Crippen LogP contribution in [0.3, 0.4) is 0 Å². The maximum atomic E-state index is 12.1. The van der Waals surface area contributed by atoms with Crippen molar-refractivity contribution in [3.63, 3.8) is 0 Å². The van der Waals surface area contributed by atoms with Crippen LogP contribution in [0.1, 0.15) is 113 Å². The number of ether oxygens (including phenoxy) is 5. The van der Waals surface area contributed by atoms with Gasteiger partial charge in [0, 0.05) is 50.0 Å². The largest absolute Gasteiger partial charge is 1.00 e. The molecule has 0 aliphatic carbocycles. The monoisotopic (exact) mass is 1550 g/mol. The fourth-order valence-electron chi connectivity index (χ4n) is 13.2. The molecule has 0 saturated carbocycles. The number of piperidine rings is 3. The zero-order valence-corrected chi connectivity index (χ0v) is 65.2. The number of benzene rings is 9. The smallest absolute Gasteiger partial charge is 0.870 e. The number of aliphatic hydroxyl groups is 1. The Hall–Kier alpha value is -10.3. The second kappa shape index (κ2) is 43.0. The first-order chi connectivity index (χ1) is 52.3. The average Bonchev–Trinajstić information content (AvgIpc) is 0.780. The van der Waals surface area contributed by atoms with Crippen LogP contribution in [0.4, 0.5) is 16.0 Å². The van der Waals surface area contributed by atoms with E-state index in [9.17, 15) is 23.9 Å². The number of rotatable bonds is 14. The molecule has 0 bridgehead atoms. The summed E-state index contributed by atoms with van der Waals surface area (Å²) in [5.74, 6) is 4.36. The van der Waals surface area contributed by atoms with E-state index in [-0.39, 0.29) is 60.0 Å². The summed E-state index contributed by atoms with van der Waals surface area (Å²) in [6, 6.07) is 70.6. The number of aromatic carboxylic acids is 1. The van der Waals surface area contributed by atoms with E-state index >= 15 is 0 Å². The summed E-state index contributed by atoms with van der Waals surface area (Å²) in [7, 11) is 7.82. The molecule has 3 fully saturated rings. The summed E-state index contributed by atoms with van der Waals surface area (Å²) < 4.78 is 41.5. The number of aromatic nitrogens is 6. The van der Waals surface area contributed by atoms with Gasteiger partial charge >= 0.3 is 47.5 Å². The Bertz CT molecular complexity index is 4880. The molecule has 3 aliphatic rings. The Balaban J connectivity index is 0.000000206. The molecule has 3 aromatic heterocycles. The molecule has 15 rings (SSSR count). The number of nitrogens with one attached hydrogen (secondary N) is 1. The van der Waals surface area contributed by atoms with E-state index in [1.807, 2.05) is 109 Å². The van der Waals surface area contributed by atoms with Gasteiger partial charge in [-0.15, -0.1) is 0 Å². The number of carboxylic acids is 1. The fraction of sp³-hybridized carbons (Fsp3) is 0.267. The predicted molar refractivity (Wildman–Crippen MR) is 428 cm³/mol. The van der Waals surface area contributed by atoms with Crippen molar-refractivity contribution in [2.24, 2.45) is 0 Å². The van der Waals surface area contributed by atoms with Crippen LogP contribution in [0.5, 0.6) is 17.2 Å². The Kier molecular flexibility index (Phi) is 33.3. The quantitative estimate of drug-likeness (QED) is 0.0675. The third-order valence-electron chi connectivity index (χ3n) is 18.8. The van der Waals surface area contributed by atoms with Gasteiger partial charge in [-0.2, -0.15) is 0 Å². The predicted octanol–water partition coefficient (Wildman–Crippen LogP) is 14.5. The number of alkyl halides is 1. The Morgan fingerprint density at radius 2 is 0.743 bits per heavy atom. The first-order valence-corrected chi connectivity index (χ1v) is 35.7. The van der Waals surface area contributed by atoms with Gasteiger partial charge in [-0.05, 0) is 193 Å². The molecule has 12 aromatic rings. The first-order valence-electron chi connectivity index (χ1n) is 35.6. The van der Waals surface area contributed by atoms with E-state index in [1.54, 1.807) is 69.9 Å². The van der Waals surface area contributed by atoms with E-state index in [2.05, 4.69) is 102 Å². The molecule has 9 aromatic carbocycles. The van der Waals surface area contributed by atoms with Crippen molar-refractivity contribution in [2.45, 2.75) is 63.7 Å². The third-order valence-corrected chi connectivity index (χ3v) is 19.4. The number of anilines is 2. The van der Waals surface area contributed by atoms with Crippen LogP contribution in [0.15, 0.2) is 223 Å². The molecule has 562 valence electrons. The van der Waals surface area contributed by atoms with E-state index in [4.69, 9.17) is 50.1 Å². The van der Waals surface area contributed by atoms with Crippen LogP contribution in [0.25, 0.3) is 66.9 Å². The zero-order chi connectivity index (χ0) is 75.6. The van der Waals surface area contributed by atoms with Crippen LogP contribution in [-0.2, 0) is 9.47 Å². The van der Waals surface area contributed by atoms with Gasteiger partial charge in [0.15, 0.2) is 11.6 Å². The van der Waals surface area contributed by atoms with Crippen molar-refractivity contribution in [2.75, 3.05) is 98.9 Å². The zero-order valence-electron chi connectivity index (χ0n) is 62.7. The number of carbonyl (C=O) groups is 3. The molecule has 6 heterocycles. The minimum absolute atomic E-state index is 0. The molecule has 109 heavy (non-hydrogen) atoms. The maximum Gasteiger partial charge on any atom is 1.00 e. The van der Waals surface area contributed by atoms with E-state index in [1.165, 1.54) is 43.8 Å². The van der Waals surface area contributed by atoms with Crippen molar-refractivity contribution in [1.29, 1.82) is 0 Å². The fourth-order valence-corrected chi connectivity index (χ4v) is 13.7. The number of hydrogen-bond donors (Lipinski definition) is 3. The number of halogens is 2. The van der Waals surface area contributed by atoms with Crippen LogP contribution in [-0.4, -0.2) is 153 Å². The molecule has 0 atom stereocenters. The number of carboxylic acid groups (broad SMARTS) is 1. The number of aliphatic hydroxyl groups excluding tert-OH is 1. The molecule has 20 nitrogen and oxygen atoms in total. The molecule has 0 amide bonds. The number of esters is 2. The van der Waals surface area contributed by atoms with E-state index in [0.717, 1.165) is 152 Å². The number of methoxy groups -OCH3 is 5. The molecule has 3 saturated heterocycles. The van der Waals surface area contributed by atoms with Crippen molar-refractivity contribution in [3.05, 3.63) is 256 Å². The second-order valence-corrected chi connectivity index (χ2v) is 25.8. The minimum atomic E-state index is -1.00. The average molecular weight is 1550 g/mol. The minimum Gasteiger partial charge on any atom is -0.870 e. The second-order valence-electron chi connectivity index (χ2n) is 25.0. The third kappa shape index (κ3) is 22.2. The van der Waals surface area contributed by atoms with Gasteiger partial charge in [0.1, 0.15) is 38.9 Å². The van der Waals surface area contributed by atoms with Gasteiger partial charge in [-0.25, -0.2) is 44.3 Å². The van der Waals surface area contributed by atoms with Gasteiger partial charge in [0.2, 0.25) is 0 Å². The normalized spacial score (nSPS) is 13.4. The van der Waals surface area contributed by atoms with Crippen LogP contribution in [0, 0.1) is 0 Å². The molecule has 3 aliphatic heterocycles. The van der Waals surface area contributed by atoms with Gasteiger partial charge in [0.25, 0.3) is 0 Å². The van der Waals surface area contributed by atoms with Gasteiger partial charge in [-0.1, -0.05) is 135 Å². The summed E-state index contributed by atoms with van der Waals surface area (Å²) >= 11 is 3.44. The number of fused-ring (bicyclic) bond motifs is 3. The molecule has 4 N–H and O–H groups in total. The van der Waals surface area contributed by atoms with Gasteiger partial charge < -0.3 is 54.5 Å².